The number of carbonyl (C=O) groups is 1. The van der Waals surface area contributed by atoms with E-state index in [-0.39, 0.29) is 34.6 Å². The topological polar surface area (TPSA) is 104 Å². The maximum atomic E-state index is 11.1. The number of nitrogens with one attached hydrogen (secondary N) is 2. The van der Waals surface area contributed by atoms with Gasteiger partial charge in [-0.05, 0) is 18.3 Å². The Hall–Kier alpha value is -2.22. The number of hydrogen-bond acceptors (Lipinski definition) is 5. The summed E-state index contributed by atoms with van der Waals surface area (Å²) in [5, 5.41) is 25.0. The number of aromatic hydroxyl groups is 1. The van der Waals surface area contributed by atoms with Crippen LogP contribution < -0.4 is 10.6 Å². The van der Waals surface area contributed by atoms with Crippen LogP contribution in [0.25, 0.3) is 0 Å². The van der Waals surface area contributed by atoms with Gasteiger partial charge in [-0.3, -0.25) is 14.9 Å². The predicted octanol–water partition coefficient (Wildman–Crippen LogP) is 1.52. The fraction of sp³-hybridized carbons (Fsp3) is 0.200. The van der Waals surface area contributed by atoms with Crippen LogP contribution >= 0.6 is 12.2 Å². The summed E-state index contributed by atoms with van der Waals surface area (Å²) in [4.78, 5) is 20.9. The molecule has 0 unspecified atom stereocenters. The van der Waals surface area contributed by atoms with E-state index in [4.69, 9.17) is 12.2 Å². The van der Waals surface area contributed by atoms with E-state index < -0.39 is 4.92 Å². The summed E-state index contributed by atoms with van der Waals surface area (Å²) in [5.41, 5.74) is -0.0523. The lowest BCUT2D eigenvalue weighted by Gasteiger charge is -2.09. The number of amides is 1. The molecule has 8 heteroatoms. The average molecular weight is 269 g/mol. The van der Waals surface area contributed by atoms with Crippen LogP contribution in [0.2, 0.25) is 0 Å². The Balaban J connectivity index is 2.77. The van der Waals surface area contributed by atoms with Crippen LogP contribution in [-0.4, -0.2) is 21.0 Å². The molecule has 3 N–H and O–H groups in total. The Morgan fingerprint density at radius 1 is 1.56 bits per heavy atom. The van der Waals surface area contributed by atoms with Gasteiger partial charge < -0.3 is 15.7 Å². The van der Waals surface area contributed by atoms with Crippen molar-refractivity contribution < 1.29 is 14.8 Å². The molecule has 0 aliphatic carbocycles. The van der Waals surface area contributed by atoms with Crippen molar-refractivity contribution >= 4 is 34.6 Å². The first kappa shape index (κ1) is 13.8. The molecule has 0 spiro atoms. The molecule has 0 bridgehead atoms. The summed E-state index contributed by atoms with van der Waals surface area (Å²) in [7, 11) is 0. The van der Waals surface area contributed by atoms with Gasteiger partial charge in [-0.1, -0.05) is 6.92 Å². The number of non-ortho nitro benzene ring substituents is 1. The lowest BCUT2D eigenvalue weighted by Crippen LogP contribution is -2.33. The lowest BCUT2D eigenvalue weighted by atomic mass is 10.2. The first-order chi connectivity index (χ1) is 8.43. The zero-order valence-electron chi connectivity index (χ0n) is 9.47. The number of nitro benzene ring substituents is 1. The predicted molar refractivity (Wildman–Crippen MR) is 69.4 cm³/mol. The van der Waals surface area contributed by atoms with Crippen LogP contribution in [0.1, 0.15) is 13.3 Å². The fourth-order valence-electron chi connectivity index (χ4n) is 1.11. The largest absolute Gasteiger partial charge is 0.506 e. The highest BCUT2D eigenvalue weighted by Gasteiger charge is 2.11. The number of rotatable bonds is 3. The highest BCUT2D eigenvalue weighted by Crippen LogP contribution is 2.27. The molecule has 96 valence electrons. The zero-order chi connectivity index (χ0) is 13.7. The number of carbonyl (C=O) groups excluding carboxylic acids is 1. The molecule has 0 aromatic heterocycles. The van der Waals surface area contributed by atoms with Crippen LogP contribution in [0.15, 0.2) is 18.2 Å². The molecule has 7 nitrogen and oxygen atoms in total. The maximum Gasteiger partial charge on any atom is 0.273 e. The third-order valence-corrected chi connectivity index (χ3v) is 2.22. The van der Waals surface area contributed by atoms with E-state index in [0.29, 0.717) is 0 Å². The molecule has 0 heterocycles. The van der Waals surface area contributed by atoms with Gasteiger partial charge in [0.2, 0.25) is 5.91 Å². The minimum Gasteiger partial charge on any atom is -0.506 e. The van der Waals surface area contributed by atoms with E-state index in [1.165, 1.54) is 12.1 Å². The second-order valence-corrected chi connectivity index (χ2v) is 3.72. The van der Waals surface area contributed by atoms with Crippen molar-refractivity contribution in [1.29, 1.82) is 0 Å². The smallest absolute Gasteiger partial charge is 0.273 e. The molecule has 1 amide bonds. The van der Waals surface area contributed by atoms with Gasteiger partial charge in [0.05, 0.1) is 16.7 Å². The number of thiocarbonyl (C=S) groups is 1. The van der Waals surface area contributed by atoms with Crippen LogP contribution in [0, 0.1) is 10.1 Å². The van der Waals surface area contributed by atoms with Crippen molar-refractivity contribution in [3.63, 3.8) is 0 Å². The molecule has 0 fully saturated rings. The Morgan fingerprint density at radius 3 is 2.72 bits per heavy atom. The Labute approximate surface area is 108 Å². The maximum absolute atomic E-state index is 11.1. The van der Waals surface area contributed by atoms with Gasteiger partial charge in [0.1, 0.15) is 5.75 Å². The summed E-state index contributed by atoms with van der Waals surface area (Å²) in [5.74, 6) is -0.591. The van der Waals surface area contributed by atoms with E-state index in [9.17, 15) is 20.0 Å². The van der Waals surface area contributed by atoms with Crippen molar-refractivity contribution in [2.24, 2.45) is 0 Å². The normalized spacial score (nSPS) is 9.61. The molecule has 0 aliphatic heterocycles. The molecule has 0 saturated carbocycles. The highest BCUT2D eigenvalue weighted by molar-refractivity contribution is 7.80. The molecular weight excluding hydrogens is 258 g/mol. The van der Waals surface area contributed by atoms with Gasteiger partial charge in [-0.25, -0.2) is 0 Å². The minimum absolute atomic E-state index is 0.0194. The van der Waals surface area contributed by atoms with Crippen LogP contribution in [0.4, 0.5) is 11.4 Å². The Morgan fingerprint density at radius 2 is 2.22 bits per heavy atom. The third-order valence-electron chi connectivity index (χ3n) is 2.01. The Bertz CT molecular complexity index is 504. The molecule has 1 rings (SSSR count). The van der Waals surface area contributed by atoms with E-state index >= 15 is 0 Å². The minimum atomic E-state index is -0.624. The lowest BCUT2D eigenvalue weighted by molar-refractivity contribution is -0.384. The van der Waals surface area contributed by atoms with E-state index in [0.717, 1.165) is 6.07 Å². The summed E-state index contributed by atoms with van der Waals surface area (Å²) in [6, 6.07) is 3.51. The number of phenolic OH excluding ortho intramolecular Hbond substituents is 1. The summed E-state index contributed by atoms with van der Waals surface area (Å²) < 4.78 is 0. The Kier molecular flexibility index (Phi) is 4.55. The second kappa shape index (κ2) is 5.92. The monoisotopic (exact) mass is 269 g/mol. The van der Waals surface area contributed by atoms with Gasteiger partial charge in [0.15, 0.2) is 5.11 Å². The molecule has 0 saturated heterocycles. The molecule has 0 aliphatic rings. The van der Waals surface area contributed by atoms with Crippen LogP contribution in [-0.2, 0) is 4.79 Å². The van der Waals surface area contributed by atoms with Gasteiger partial charge in [-0.2, -0.15) is 0 Å². The van der Waals surface area contributed by atoms with Crippen LogP contribution in [0.5, 0.6) is 5.75 Å². The van der Waals surface area contributed by atoms with Gasteiger partial charge in [0, 0.05) is 12.5 Å². The fourth-order valence-corrected chi connectivity index (χ4v) is 1.33. The van der Waals surface area contributed by atoms with E-state index in [1.54, 1.807) is 6.92 Å². The van der Waals surface area contributed by atoms with Crippen molar-refractivity contribution in [2.75, 3.05) is 5.32 Å². The van der Waals surface area contributed by atoms with Gasteiger partial charge >= 0.3 is 0 Å². The van der Waals surface area contributed by atoms with Crippen molar-refractivity contribution in [3.8, 4) is 5.75 Å². The van der Waals surface area contributed by atoms with Crippen molar-refractivity contribution in [3.05, 3.63) is 28.3 Å². The summed E-state index contributed by atoms with van der Waals surface area (Å²) in [6.45, 7) is 1.67. The second-order valence-electron chi connectivity index (χ2n) is 3.31. The highest BCUT2D eigenvalue weighted by atomic mass is 32.1. The molecular formula is C10H11N3O4S. The van der Waals surface area contributed by atoms with E-state index in [2.05, 4.69) is 10.6 Å². The number of nitro groups is 1. The quantitative estimate of drug-likeness (QED) is 0.332. The number of nitrogens with zero attached hydrogens (tertiary/aromatic N) is 1. The average Bonchev–Trinajstić information content (AvgIpc) is 2.31. The van der Waals surface area contributed by atoms with Gasteiger partial charge in [-0.15, -0.1) is 0 Å². The van der Waals surface area contributed by atoms with Crippen molar-refractivity contribution in [1.82, 2.24) is 5.32 Å². The first-order valence-corrected chi connectivity index (χ1v) is 5.43. The molecule has 1 aromatic rings. The summed E-state index contributed by atoms with van der Waals surface area (Å²) >= 11 is 4.83. The third kappa shape index (κ3) is 3.67. The zero-order valence-corrected chi connectivity index (χ0v) is 10.3. The van der Waals surface area contributed by atoms with Crippen molar-refractivity contribution in [2.45, 2.75) is 13.3 Å². The van der Waals surface area contributed by atoms with Crippen LogP contribution in [0.3, 0.4) is 0 Å². The SMILES string of the molecule is CCC(=O)NC(=S)Nc1ccc([N+](=O)[O-])cc1O. The van der Waals surface area contributed by atoms with Gasteiger partial charge in [0.25, 0.3) is 5.69 Å². The molecule has 1 aromatic carbocycles. The molecule has 0 radical (unpaired) electrons. The number of phenols is 1. The first-order valence-electron chi connectivity index (χ1n) is 5.02. The standard InChI is InChI=1S/C10H11N3O4S/c1-2-9(15)12-10(18)11-7-4-3-6(13(16)17)5-8(7)14/h3-5,14H,2H2,1H3,(H2,11,12,15,18). The van der Waals surface area contributed by atoms with E-state index in [1.807, 2.05) is 0 Å². The summed E-state index contributed by atoms with van der Waals surface area (Å²) in [6.07, 6.45) is 0.272. The molecule has 0 atom stereocenters. The number of anilines is 1. The number of benzene rings is 1. The number of hydrogen-bond donors (Lipinski definition) is 3. The molecule has 18 heavy (non-hydrogen) atoms.